The second-order valence-corrected chi connectivity index (χ2v) is 23.2. The highest BCUT2D eigenvalue weighted by molar-refractivity contribution is 6.21. The molecule has 6 aliphatic heterocycles. The number of piperazine rings is 1. The van der Waals surface area contributed by atoms with Crippen LogP contribution < -0.4 is 20.8 Å². The fraction of sp³-hybridized carbons (Fsp3) is 0.655. The van der Waals surface area contributed by atoms with Gasteiger partial charge in [-0.15, -0.1) is 0 Å². The monoisotopic (exact) mass is 1040 g/mol. The molecule has 17 heteroatoms. The zero-order valence-electron chi connectivity index (χ0n) is 45.9. The largest absolute Gasteiger partial charge is 0.507 e. The molecule has 2 amide bonds. The SMILES string of the molecule is CO[C@H]1/C=C/OC2(C)Oc3c(C)c(O)c4c(O)c(c5c(c4c3C2=O)NC2(CCN(CC(C)C)CC2)N=5)=NC(=O)/C(C)=C\C=C\C(C)C[C@@H](C)C(O)[C@@H](C)C(OC(=O)CC(=O)N2CCN(CC3CCCCC3)CC2)[C@@H]1C. The number of aliphatic hydroxyl groups is 1. The number of fused-ring (bicyclic) bond motifs is 13. The van der Waals surface area contributed by atoms with Gasteiger partial charge in [0.25, 0.3) is 11.7 Å². The van der Waals surface area contributed by atoms with Crippen LogP contribution in [0, 0.1) is 42.4 Å². The molecule has 5 bridgehead atoms. The van der Waals surface area contributed by atoms with Gasteiger partial charge < -0.3 is 49.4 Å². The number of anilines is 1. The van der Waals surface area contributed by atoms with E-state index >= 15 is 0 Å². The summed E-state index contributed by atoms with van der Waals surface area (Å²) in [5.74, 6) is -5.46. The van der Waals surface area contributed by atoms with Gasteiger partial charge in [-0.1, -0.05) is 79.0 Å². The first kappa shape index (κ1) is 55.9. The molecule has 2 aromatic carbocycles. The molecular weight excluding hydrogens is 957 g/mol. The number of ketones is 1. The molecule has 0 aromatic heterocycles. The molecule has 0 radical (unpaired) electrons. The van der Waals surface area contributed by atoms with Gasteiger partial charge in [-0.2, -0.15) is 0 Å². The van der Waals surface area contributed by atoms with Gasteiger partial charge in [0, 0.05) is 108 Å². The number of ether oxygens (including phenoxy) is 4. The van der Waals surface area contributed by atoms with Gasteiger partial charge in [-0.3, -0.25) is 29.1 Å². The van der Waals surface area contributed by atoms with Crippen LogP contribution in [0.3, 0.4) is 0 Å². The average molecular weight is 1040 g/mol. The fourth-order valence-electron chi connectivity index (χ4n) is 12.5. The van der Waals surface area contributed by atoms with Crippen molar-refractivity contribution in [2.45, 2.75) is 150 Å². The molecule has 4 N–H and O–H groups in total. The molecular formula is C58H82N6O11. The average Bonchev–Trinajstić information content (AvgIpc) is 3.88. The van der Waals surface area contributed by atoms with Gasteiger partial charge in [-0.25, -0.2) is 4.99 Å². The molecule has 1 aliphatic carbocycles. The smallest absolute Gasteiger partial charge is 0.315 e. The van der Waals surface area contributed by atoms with Crippen molar-refractivity contribution >= 4 is 40.0 Å². The van der Waals surface area contributed by atoms with Crippen LogP contribution >= 0.6 is 0 Å². The number of allylic oxidation sites excluding steroid dienone is 3. The molecule has 8 atom stereocenters. The van der Waals surface area contributed by atoms with Gasteiger partial charge in [-0.05, 0) is 62.9 Å². The summed E-state index contributed by atoms with van der Waals surface area (Å²) < 4.78 is 24.9. The third kappa shape index (κ3) is 11.8. The second kappa shape index (κ2) is 23.1. The number of aromatic hydroxyl groups is 2. The zero-order valence-corrected chi connectivity index (χ0v) is 45.9. The van der Waals surface area contributed by atoms with E-state index in [4.69, 9.17) is 23.9 Å². The number of piperidine rings is 1. The molecule has 410 valence electrons. The number of methoxy groups -OCH3 is 1. The highest BCUT2D eigenvalue weighted by atomic mass is 16.7. The summed E-state index contributed by atoms with van der Waals surface area (Å²) >= 11 is 0. The maximum absolute atomic E-state index is 15.0. The summed E-state index contributed by atoms with van der Waals surface area (Å²) in [6, 6.07) is 0. The Morgan fingerprint density at radius 2 is 1.60 bits per heavy atom. The van der Waals surface area contributed by atoms with E-state index in [0.29, 0.717) is 49.9 Å². The minimum Gasteiger partial charge on any atom is -0.507 e. The lowest BCUT2D eigenvalue weighted by Gasteiger charge is -2.38. The van der Waals surface area contributed by atoms with E-state index in [2.05, 4.69) is 34.0 Å². The molecule has 2 aromatic rings. The number of carbonyl (C=O) groups is 4. The maximum atomic E-state index is 15.0. The molecule has 1 spiro atoms. The van der Waals surface area contributed by atoms with Crippen molar-refractivity contribution in [3.05, 3.63) is 58.0 Å². The molecule has 1 saturated carbocycles. The first-order valence-electron chi connectivity index (χ1n) is 27.6. The number of esters is 1. The van der Waals surface area contributed by atoms with E-state index < -0.39 is 71.4 Å². The van der Waals surface area contributed by atoms with Crippen LogP contribution in [-0.2, 0) is 28.6 Å². The minimum absolute atomic E-state index is 0.0545. The third-order valence-corrected chi connectivity index (χ3v) is 16.9. The van der Waals surface area contributed by atoms with Crippen molar-refractivity contribution in [3.8, 4) is 17.2 Å². The van der Waals surface area contributed by atoms with Gasteiger partial charge in [0.15, 0.2) is 5.75 Å². The Morgan fingerprint density at radius 3 is 2.27 bits per heavy atom. The van der Waals surface area contributed by atoms with Crippen molar-refractivity contribution in [3.63, 3.8) is 0 Å². The molecule has 17 nitrogen and oxygen atoms in total. The van der Waals surface area contributed by atoms with E-state index in [0.717, 1.165) is 39.3 Å². The summed E-state index contributed by atoms with van der Waals surface area (Å²) in [6.07, 6.45) is 13.2. The Balaban J connectivity index is 1.12. The first-order chi connectivity index (χ1) is 35.6. The number of aliphatic hydroxyl groups excluding tert-OH is 1. The standard InChI is InChI=1S/C58H82N6O11/c1-33(2)31-62-22-20-58(21-23-62)60-47-44-45-51(68)39(8)54-46(44)55(70)57(9,75-54)73-28-19-41(72-10)37(6)53(74-43(66)30-42(65)64-26-24-63(25-27-64)32-40-17-12-11-13-18-40)38(7)50(67)36(5)29-34(3)15-14-16-35(4)56(71)59-49(52(45)69)48(47)61-58/h14-16,19,28,33-34,36-38,40-41,50,53,60,67-69H,11-13,17-18,20-27,29-32H2,1-10H3/b15-14+,28-19+,35-16-,59-49?/t34?,36-,37-,38-,41+,50?,53?,57?/m1/s1. The summed E-state index contributed by atoms with van der Waals surface area (Å²) in [4.78, 5) is 72.8. The summed E-state index contributed by atoms with van der Waals surface area (Å²) in [6.45, 7) is 22.6. The highest BCUT2D eigenvalue weighted by Crippen LogP contribution is 2.51. The minimum atomic E-state index is -1.98. The lowest BCUT2D eigenvalue weighted by molar-refractivity contribution is -0.164. The zero-order chi connectivity index (χ0) is 54.1. The molecule has 2 saturated heterocycles. The maximum Gasteiger partial charge on any atom is 0.315 e. The molecule has 3 fully saturated rings. The number of amides is 2. The Kier molecular flexibility index (Phi) is 17.2. The summed E-state index contributed by atoms with van der Waals surface area (Å²) in [5.41, 5.74) is -0.0276. The lowest BCUT2D eigenvalue weighted by Crippen LogP contribution is -2.50. The number of nitrogens with zero attached hydrogens (tertiary/aromatic N) is 5. The summed E-state index contributed by atoms with van der Waals surface area (Å²) in [7, 11) is 1.50. The topological polar surface area (TPSA) is 212 Å². The number of likely N-dealkylation sites (tertiary alicyclic amines) is 1. The summed E-state index contributed by atoms with van der Waals surface area (Å²) in [5, 5.41) is 40.0. The van der Waals surface area contributed by atoms with E-state index in [1.54, 1.807) is 37.0 Å². The van der Waals surface area contributed by atoms with Gasteiger partial charge in [0.05, 0.1) is 35.1 Å². The van der Waals surface area contributed by atoms with Crippen LogP contribution in [-0.4, -0.2) is 143 Å². The normalized spacial score (nSPS) is 30.7. The molecule has 6 heterocycles. The highest BCUT2D eigenvalue weighted by Gasteiger charge is 2.51. The Labute approximate surface area is 442 Å². The van der Waals surface area contributed by atoms with Crippen molar-refractivity contribution in [1.82, 2.24) is 14.7 Å². The molecule has 75 heavy (non-hydrogen) atoms. The predicted octanol–water partition coefficient (Wildman–Crippen LogP) is 6.87. The van der Waals surface area contributed by atoms with Crippen LogP contribution in [0.2, 0.25) is 0 Å². The van der Waals surface area contributed by atoms with Gasteiger partial charge in [0.1, 0.15) is 40.4 Å². The van der Waals surface area contributed by atoms with Crippen molar-refractivity contribution in [2.75, 3.05) is 64.8 Å². The molecule has 4 unspecified atom stereocenters. The fourth-order valence-corrected chi connectivity index (χ4v) is 12.5. The van der Waals surface area contributed by atoms with Gasteiger partial charge >= 0.3 is 11.8 Å². The number of hydrogen-bond donors (Lipinski definition) is 4. The number of benzene rings is 2. The van der Waals surface area contributed by atoms with Crippen LogP contribution in [0.5, 0.6) is 17.2 Å². The number of phenols is 2. The first-order valence-corrected chi connectivity index (χ1v) is 27.6. The number of Topliss-reactive ketones (excluding diaryl/α,β-unsaturated/α-hetero) is 1. The number of rotatable bonds is 8. The molecule has 7 aliphatic rings. The molecule has 9 rings (SSSR count). The lowest BCUT2D eigenvalue weighted by atomic mass is 9.79. The number of nitrogens with one attached hydrogen (secondary N) is 1. The number of phenolic OH excluding ortho intramolecular Hbond substituents is 2. The van der Waals surface area contributed by atoms with E-state index in [1.807, 2.05) is 33.8 Å². The number of carbonyl (C=O) groups excluding carboxylic acids is 4. The van der Waals surface area contributed by atoms with Crippen LogP contribution in [0.1, 0.15) is 129 Å². The Hall–Kier alpha value is -5.36. The van der Waals surface area contributed by atoms with Crippen LogP contribution in [0.25, 0.3) is 10.8 Å². The Morgan fingerprint density at radius 1 is 0.907 bits per heavy atom. The Bertz CT molecular complexity index is 2720. The predicted molar refractivity (Wildman–Crippen MR) is 285 cm³/mol. The third-order valence-electron chi connectivity index (χ3n) is 16.9. The van der Waals surface area contributed by atoms with E-state index in [-0.39, 0.29) is 67.4 Å². The van der Waals surface area contributed by atoms with Crippen LogP contribution in [0.15, 0.2) is 46.1 Å². The second-order valence-electron chi connectivity index (χ2n) is 23.2. The van der Waals surface area contributed by atoms with E-state index in [9.17, 15) is 34.5 Å². The van der Waals surface area contributed by atoms with Crippen molar-refractivity contribution in [2.24, 2.45) is 45.5 Å². The van der Waals surface area contributed by atoms with Gasteiger partial charge in [0.2, 0.25) is 5.91 Å². The number of hydrogen-bond acceptors (Lipinski definition) is 15. The van der Waals surface area contributed by atoms with Crippen molar-refractivity contribution in [1.29, 1.82) is 0 Å². The quantitative estimate of drug-likeness (QED) is 0.121. The van der Waals surface area contributed by atoms with Crippen molar-refractivity contribution < 1.29 is 53.4 Å². The van der Waals surface area contributed by atoms with E-state index in [1.165, 1.54) is 52.4 Å². The van der Waals surface area contributed by atoms with Crippen LogP contribution in [0.4, 0.5) is 5.69 Å².